The molecule has 0 heterocycles. The van der Waals surface area contributed by atoms with Crippen LogP contribution in [0.25, 0.3) is 22.3 Å². The molecule has 1 amide bonds. The van der Waals surface area contributed by atoms with Crippen LogP contribution in [0, 0.1) is 0 Å². The topological polar surface area (TPSA) is 43.1 Å². The van der Waals surface area contributed by atoms with Gasteiger partial charge in [-0.25, -0.2) is 0 Å². The van der Waals surface area contributed by atoms with Gasteiger partial charge in [-0.15, -0.1) is 0 Å². The molecule has 0 saturated carbocycles. The van der Waals surface area contributed by atoms with E-state index in [1.807, 2.05) is 42.5 Å². The third-order valence-electron chi connectivity index (χ3n) is 3.49. The van der Waals surface area contributed by atoms with Crippen LogP contribution in [-0.4, -0.2) is 5.91 Å². The molecule has 0 unspecified atom stereocenters. The molecule has 21 heavy (non-hydrogen) atoms. The zero-order chi connectivity index (χ0) is 14.7. The van der Waals surface area contributed by atoms with Gasteiger partial charge in [-0.3, -0.25) is 4.79 Å². The minimum Gasteiger partial charge on any atom is -0.366 e. The molecule has 0 radical (unpaired) electrons. The van der Waals surface area contributed by atoms with Crippen molar-refractivity contribution >= 4 is 5.91 Å². The van der Waals surface area contributed by atoms with Crippen LogP contribution in [0.3, 0.4) is 0 Å². The summed E-state index contributed by atoms with van der Waals surface area (Å²) in [6, 6.07) is 25.9. The summed E-state index contributed by atoms with van der Waals surface area (Å²) in [5.41, 5.74) is 10.4. The average Bonchev–Trinajstić information content (AvgIpc) is 2.56. The van der Waals surface area contributed by atoms with Crippen LogP contribution >= 0.6 is 0 Å². The third-order valence-corrected chi connectivity index (χ3v) is 3.49. The number of nitrogens with two attached hydrogens (primary N) is 1. The highest BCUT2D eigenvalue weighted by atomic mass is 16.1. The predicted molar refractivity (Wildman–Crippen MR) is 85.8 cm³/mol. The van der Waals surface area contributed by atoms with Crippen molar-refractivity contribution in [1.29, 1.82) is 0 Å². The van der Waals surface area contributed by atoms with Crippen LogP contribution in [0.2, 0.25) is 0 Å². The predicted octanol–water partition coefficient (Wildman–Crippen LogP) is 4.12. The minimum atomic E-state index is -0.405. The van der Waals surface area contributed by atoms with Crippen LogP contribution < -0.4 is 5.73 Å². The lowest BCUT2D eigenvalue weighted by molar-refractivity contribution is 0.100. The Morgan fingerprint density at radius 3 is 1.62 bits per heavy atom. The van der Waals surface area contributed by atoms with Gasteiger partial charge in [0.05, 0.1) is 0 Å². The van der Waals surface area contributed by atoms with E-state index >= 15 is 0 Å². The number of primary amides is 1. The van der Waals surface area contributed by atoms with Gasteiger partial charge in [0, 0.05) is 5.56 Å². The van der Waals surface area contributed by atoms with E-state index in [-0.39, 0.29) is 0 Å². The second kappa shape index (κ2) is 5.63. The van der Waals surface area contributed by atoms with E-state index in [0.29, 0.717) is 5.56 Å². The van der Waals surface area contributed by atoms with Gasteiger partial charge in [0.2, 0.25) is 5.91 Å². The minimum absolute atomic E-state index is 0.405. The molecule has 3 rings (SSSR count). The van der Waals surface area contributed by atoms with Gasteiger partial charge < -0.3 is 5.73 Å². The van der Waals surface area contributed by atoms with Crippen LogP contribution in [0.15, 0.2) is 78.9 Å². The van der Waals surface area contributed by atoms with E-state index in [2.05, 4.69) is 24.3 Å². The highest BCUT2D eigenvalue weighted by molar-refractivity contribution is 5.93. The first kappa shape index (κ1) is 13.1. The van der Waals surface area contributed by atoms with Gasteiger partial charge in [-0.2, -0.15) is 0 Å². The van der Waals surface area contributed by atoms with Gasteiger partial charge in [0.15, 0.2) is 0 Å². The first-order valence-electron chi connectivity index (χ1n) is 6.80. The van der Waals surface area contributed by atoms with Gasteiger partial charge in [0.1, 0.15) is 0 Å². The van der Waals surface area contributed by atoms with Crippen molar-refractivity contribution in [3.05, 3.63) is 84.4 Å². The maximum Gasteiger partial charge on any atom is 0.248 e. The van der Waals surface area contributed by atoms with Crippen LogP contribution in [0.4, 0.5) is 0 Å². The molecule has 3 aromatic carbocycles. The molecular formula is C19H15NO. The fourth-order valence-electron chi connectivity index (χ4n) is 2.42. The number of hydrogen-bond donors (Lipinski definition) is 1. The summed E-state index contributed by atoms with van der Waals surface area (Å²) in [5.74, 6) is -0.405. The standard InChI is InChI=1S/C19H15NO/c20-19(21)16-12-10-15(11-13-16)18-9-5-4-8-17(18)14-6-2-1-3-7-14/h1-13H,(H2,20,21). The Labute approximate surface area is 123 Å². The first-order valence-corrected chi connectivity index (χ1v) is 6.80. The maximum absolute atomic E-state index is 11.2. The molecule has 0 fully saturated rings. The second-order valence-electron chi connectivity index (χ2n) is 4.85. The fraction of sp³-hybridized carbons (Fsp3) is 0. The lowest BCUT2D eigenvalue weighted by atomic mass is 9.94. The van der Waals surface area contributed by atoms with Crippen molar-refractivity contribution in [3.63, 3.8) is 0 Å². The number of benzene rings is 3. The van der Waals surface area contributed by atoms with Crippen molar-refractivity contribution < 1.29 is 4.79 Å². The SMILES string of the molecule is NC(=O)c1ccc(-c2ccccc2-c2ccccc2)cc1. The largest absolute Gasteiger partial charge is 0.366 e. The van der Waals surface area contributed by atoms with E-state index < -0.39 is 5.91 Å². The molecule has 102 valence electrons. The zero-order valence-corrected chi connectivity index (χ0v) is 11.5. The Bertz CT molecular complexity index is 761. The fourth-order valence-corrected chi connectivity index (χ4v) is 2.42. The molecule has 3 aromatic rings. The first-order chi connectivity index (χ1) is 10.3. The van der Waals surface area contributed by atoms with Crippen LogP contribution in [-0.2, 0) is 0 Å². The van der Waals surface area contributed by atoms with Crippen LogP contribution in [0.5, 0.6) is 0 Å². The molecule has 0 bridgehead atoms. The Morgan fingerprint density at radius 2 is 1.10 bits per heavy atom. The van der Waals surface area contributed by atoms with Gasteiger partial charge in [-0.1, -0.05) is 66.7 Å². The molecule has 0 aromatic heterocycles. The summed E-state index contributed by atoms with van der Waals surface area (Å²) in [6.07, 6.45) is 0. The van der Waals surface area contributed by atoms with Gasteiger partial charge >= 0.3 is 0 Å². The Balaban J connectivity index is 2.09. The molecular weight excluding hydrogens is 258 g/mol. The van der Waals surface area contributed by atoms with Crippen molar-refractivity contribution in [2.75, 3.05) is 0 Å². The Kier molecular flexibility index (Phi) is 3.52. The third kappa shape index (κ3) is 2.70. The van der Waals surface area contributed by atoms with E-state index in [4.69, 9.17) is 5.73 Å². The zero-order valence-electron chi connectivity index (χ0n) is 11.5. The lowest BCUT2D eigenvalue weighted by Crippen LogP contribution is -2.10. The summed E-state index contributed by atoms with van der Waals surface area (Å²) < 4.78 is 0. The number of carbonyl (C=O) groups excluding carboxylic acids is 1. The Morgan fingerprint density at radius 1 is 0.619 bits per heavy atom. The van der Waals surface area contributed by atoms with Crippen molar-refractivity contribution in [2.24, 2.45) is 5.73 Å². The van der Waals surface area contributed by atoms with Crippen molar-refractivity contribution in [3.8, 4) is 22.3 Å². The summed E-state index contributed by atoms with van der Waals surface area (Å²) in [5, 5.41) is 0. The molecule has 0 spiro atoms. The summed E-state index contributed by atoms with van der Waals surface area (Å²) in [7, 11) is 0. The van der Waals surface area contributed by atoms with Crippen molar-refractivity contribution in [2.45, 2.75) is 0 Å². The maximum atomic E-state index is 11.2. The quantitative estimate of drug-likeness (QED) is 0.766. The number of amides is 1. The van der Waals surface area contributed by atoms with E-state index in [1.54, 1.807) is 12.1 Å². The van der Waals surface area contributed by atoms with E-state index in [0.717, 1.165) is 11.1 Å². The lowest BCUT2D eigenvalue weighted by Gasteiger charge is -2.10. The molecule has 0 atom stereocenters. The smallest absolute Gasteiger partial charge is 0.248 e. The number of rotatable bonds is 3. The summed E-state index contributed by atoms with van der Waals surface area (Å²) in [4.78, 5) is 11.2. The molecule has 0 aliphatic rings. The average molecular weight is 273 g/mol. The molecule has 0 aliphatic heterocycles. The van der Waals surface area contributed by atoms with Gasteiger partial charge in [0.25, 0.3) is 0 Å². The monoisotopic (exact) mass is 273 g/mol. The Hall–Kier alpha value is -2.87. The number of hydrogen-bond acceptors (Lipinski definition) is 1. The highest BCUT2D eigenvalue weighted by Crippen LogP contribution is 2.31. The van der Waals surface area contributed by atoms with Crippen molar-refractivity contribution in [1.82, 2.24) is 0 Å². The second-order valence-corrected chi connectivity index (χ2v) is 4.85. The normalized spacial score (nSPS) is 10.3. The molecule has 0 aliphatic carbocycles. The molecule has 2 N–H and O–H groups in total. The number of carbonyl (C=O) groups is 1. The summed E-state index contributed by atoms with van der Waals surface area (Å²) >= 11 is 0. The van der Waals surface area contributed by atoms with Crippen LogP contribution in [0.1, 0.15) is 10.4 Å². The highest BCUT2D eigenvalue weighted by Gasteiger charge is 2.07. The molecule has 2 heteroatoms. The summed E-state index contributed by atoms with van der Waals surface area (Å²) in [6.45, 7) is 0. The van der Waals surface area contributed by atoms with Gasteiger partial charge in [-0.05, 0) is 34.4 Å². The van der Waals surface area contributed by atoms with E-state index in [1.165, 1.54) is 11.1 Å². The molecule has 0 saturated heterocycles. The molecule has 2 nitrogen and oxygen atoms in total. The van der Waals surface area contributed by atoms with E-state index in [9.17, 15) is 4.79 Å².